The number of amides is 1. The molecule has 0 radical (unpaired) electrons. The molecule has 1 atom stereocenters. The van der Waals surface area contributed by atoms with E-state index >= 15 is 0 Å². The summed E-state index contributed by atoms with van der Waals surface area (Å²) in [5, 5.41) is 4.11. The van der Waals surface area contributed by atoms with Gasteiger partial charge in [-0.1, -0.05) is 12.1 Å². The molecule has 1 aliphatic carbocycles. The van der Waals surface area contributed by atoms with E-state index in [0.29, 0.717) is 6.61 Å². The zero-order valence-electron chi connectivity index (χ0n) is 15.9. The largest absolute Gasteiger partial charge is 0.369 e. The Hall–Kier alpha value is -1.89. The number of benzene rings is 1. The number of hydrogen-bond donors (Lipinski definition) is 2. The van der Waals surface area contributed by atoms with Gasteiger partial charge in [-0.2, -0.15) is 0 Å². The molecule has 2 N–H and O–H groups in total. The first-order valence-corrected chi connectivity index (χ1v) is 10.0. The van der Waals surface area contributed by atoms with E-state index in [4.69, 9.17) is 4.74 Å². The van der Waals surface area contributed by atoms with Crippen LogP contribution in [0.25, 0.3) is 10.9 Å². The lowest BCUT2D eigenvalue weighted by molar-refractivity contribution is -0.202. The number of nitrogens with one attached hydrogen (secondary N) is 2. The smallest absolute Gasteiger partial charge is 0.239 e. The van der Waals surface area contributed by atoms with E-state index in [0.717, 1.165) is 38.6 Å². The third kappa shape index (κ3) is 3.26. The number of H-pyrrole nitrogens is 1. The molecule has 2 saturated heterocycles. The van der Waals surface area contributed by atoms with Crippen LogP contribution in [0.15, 0.2) is 30.5 Å². The monoisotopic (exact) mass is 368 g/mol. The SMILES string of the molecule is CNC(=O)[C@H]1COC2(CN(Cc3cccc4[nH]ccc34)C2)CN1CC1CC1. The molecule has 6 heteroatoms. The minimum absolute atomic E-state index is 0.0841. The molecular formula is C21H28N4O2. The standard InChI is InChI=1S/C21H28N4O2/c1-22-20(26)19-11-27-21(14-25(19)9-15-5-6-15)12-24(13-21)10-16-3-2-4-18-17(16)7-8-23-18/h2-4,7-8,15,19,23H,5-6,9-14H2,1H3,(H,22,26)/t19-/m1/s1. The van der Waals surface area contributed by atoms with Crippen molar-refractivity contribution in [2.24, 2.45) is 5.92 Å². The number of likely N-dealkylation sites (N-methyl/N-ethyl adjacent to an activating group) is 1. The third-order valence-corrected chi connectivity index (χ3v) is 6.32. The normalized spacial score (nSPS) is 25.6. The number of fused-ring (bicyclic) bond motifs is 1. The van der Waals surface area contributed by atoms with Gasteiger partial charge in [-0.05, 0) is 36.5 Å². The van der Waals surface area contributed by atoms with E-state index in [1.54, 1.807) is 7.05 Å². The summed E-state index contributed by atoms with van der Waals surface area (Å²) < 4.78 is 6.26. The summed E-state index contributed by atoms with van der Waals surface area (Å²) in [4.78, 5) is 20.4. The van der Waals surface area contributed by atoms with Crippen LogP contribution in [0.1, 0.15) is 18.4 Å². The van der Waals surface area contributed by atoms with Crippen molar-refractivity contribution >= 4 is 16.8 Å². The van der Waals surface area contributed by atoms with Gasteiger partial charge in [0.2, 0.25) is 5.91 Å². The van der Waals surface area contributed by atoms with Gasteiger partial charge in [-0.3, -0.25) is 14.6 Å². The molecule has 2 aromatic rings. The van der Waals surface area contributed by atoms with Crippen LogP contribution < -0.4 is 5.32 Å². The molecule has 2 aliphatic heterocycles. The van der Waals surface area contributed by atoms with Crippen molar-refractivity contribution in [3.8, 4) is 0 Å². The second-order valence-corrected chi connectivity index (χ2v) is 8.50. The maximum Gasteiger partial charge on any atom is 0.239 e. The van der Waals surface area contributed by atoms with Crippen LogP contribution >= 0.6 is 0 Å². The van der Waals surface area contributed by atoms with E-state index in [2.05, 4.69) is 44.4 Å². The first-order valence-electron chi connectivity index (χ1n) is 10.0. The van der Waals surface area contributed by atoms with Gasteiger partial charge >= 0.3 is 0 Å². The zero-order chi connectivity index (χ0) is 18.4. The molecule has 144 valence electrons. The Balaban J connectivity index is 1.24. The summed E-state index contributed by atoms with van der Waals surface area (Å²) in [6, 6.07) is 8.47. The summed E-state index contributed by atoms with van der Waals surface area (Å²) in [6.07, 6.45) is 4.61. The minimum Gasteiger partial charge on any atom is -0.369 e. The van der Waals surface area contributed by atoms with E-state index in [1.165, 1.54) is 29.3 Å². The van der Waals surface area contributed by atoms with Gasteiger partial charge in [0.1, 0.15) is 11.6 Å². The minimum atomic E-state index is -0.135. The molecule has 0 bridgehead atoms. The molecule has 1 amide bonds. The van der Waals surface area contributed by atoms with E-state index in [1.807, 2.05) is 6.20 Å². The molecule has 1 aromatic carbocycles. The van der Waals surface area contributed by atoms with Gasteiger partial charge < -0.3 is 15.0 Å². The van der Waals surface area contributed by atoms with Gasteiger partial charge in [0.05, 0.1) is 6.61 Å². The number of carbonyl (C=O) groups is 1. The summed E-state index contributed by atoms with van der Waals surface area (Å²) in [5.41, 5.74) is 2.45. The Bertz CT molecular complexity index is 838. The molecule has 3 aliphatic rings. The van der Waals surface area contributed by atoms with Gasteiger partial charge in [0.25, 0.3) is 0 Å². The summed E-state index contributed by atoms with van der Waals surface area (Å²) >= 11 is 0. The number of likely N-dealkylation sites (tertiary alicyclic amines) is 1. The second-order valence-electron chi connectivity index (χ2n) is 8.50. The molecular weight excluding hydrogens is 340 g/mol. The molecule has 5 rings (SSSR count). The predicted molar refractivity (Wildman–Crippen MR) is 104 cm³/mol. The fraction of sp³-hybridized carbons (Fsp3) is 0.571. The number of carbonyl (C=O) groups excluding carboxylic acids is 1. The second kappa shape index (κ2) is 6.62. The number of aromatic nitrogens is 1. The number of nitrogens with zero attached hydrogens (tertiary/aromatic N) is 2. The van der Waals surface area contributed by atoms with E-state index in [9.17, 15) is 4.79 Å². The van der Waals surface area contributed by atoms with Gasteiger partial charge in [-0.25, -0.2) is 0 Å². The summed E-state index contributed by atoms with van der Waals surface area (Å²) in [5.74, 6) is 0.857. The molecule has 6 nitrogen and oxygen atoms in total. The highest BCUT2D eigenvalue weighted by Crippen LogP contribution is 2.36. The van der Waals surface area contributed by atoms with Crippen molar-refractivity contribution in [1.29, 1.82) is 0 Å². The van der Waals surface area contributed by atoms with Crippen molar-refractivity contribution < 1.29 is 9.53 Å². The van der Waals surface area contributed by atoms with Crippen molar-refractivity contribution in [3.63, 3.8) is 0 Å². The lowest BCUT2D eigenvalue weighted by atomic mass is 9.89. The molecule has 27 heavy (non-hydrogen) atoms. The van der Waals surface area contributed by atoms with Crippen LogP contribution in [0, 0.1) is 5.92 Å². The Morgan fingerprint density at radius 2 is 2.15 bits per heavy atom. The number of morpholine rings is 1. The number of aromatic amines is 1. The van der Waals surface area contributed by atoms with Crippen LogP contribution in [-0.2, 0) is 16.1 Å². The molecule has 3 fully saturated rings. The van der Waals surface area contributed by atoms with Crippen LogP contribution in [0.4, 0.5) is 0 Å². The number of rotatable bonds is 5. The van der Waals surface area contributed by atoms with Crippen LogP contribution in [0.2, 0.25) is 0 Å². The van der Waals surface area contributed by atoms with Gasteiger partial charge in [0, 0.05) is 56.9 Å². The maximum absolute atomic E-state index is 12.3. The molecule has 0 unspecified atom stereocenters. The predicted octanol–water partition coefficient (Wildman–Crippen LogP) is 1.58. The molecule has 1 saturated carbocycles. The number of ether oxygens (including phenoxy) is 1. The Morgan fingerprint density at radius 1 is 1.30 bits per heavy atom. The van der Waals surface area contributed by atoms with Crippen molar-refractivity contribution in [1.82, 2.24) is 20.1 Å². The molecule has 3 heterocycles. The van der Waals surface area contributed by atoms with Crippen molar-refractivity contribution in [2.75, 3.05) is 39.8 Å². The fourth-order valence-electron chi connectivity index (χ4n) is 4.72. The van der Waals surface area contributed by atoms with Gasteiger partial charge in [-0.15, -0.1) is 0 Å². The van der Waals surface area contributed by atoms with E-state index < -0.39 is 0 Å². The van der Waals surface area contributed by atoms with E-state index in [-0.39, 0.29) is 17.6 Å². The highest BCUT2D eigenvalue weighted by atomic mass is 16.5. The average molecular weight is 368 g/mol. The quantitative estimate of drug-likeness (QED) is 0.841. The van der Waals surface area contributed by atoms with Crippen LogP contribution in [-0.4, -0.2) is 72.2 Å². The zero-order valence-corrected chi connectivity index (χ0v) is 15.9. The maximum atomic E-state index is 12.3. The first kappa shape index (κ1) is 17.2. The lowest BCUT2D eigenvalue weighted by Crippen LogP contribution is -2.72. The van der Waals surface area contributed by atoms with Crippen molar-refractivity contribution in [2.45, 2.75) is 31.0 Å². The third-order valence-electron chi connectivity index (χ3n) is 6.32. The average Bonchev–Trinajstić information content (AvgIpc) is 3.32. The lowest BCUT2D eigenvalue weighted by Gasteiger charge is -2.55. The summed E-state index contributed by atoms with van der Waals surface area (Å²) in [6.45, 7) is 5.23. The van der Waals surface area contributed by atoms with Crippen LogP contribution in [0.3, 0.4) is 0 Å². The highest BCUT2D eigenvalue weighted by molar-refractivity contribution is 5.83. The highest BCUT2D eigenvalue weighted by Gasteiger charge is 2.50. The molecule has 1 spiro atoms. The Morgan fingerprint density at radius 3 is 2.93 bits per heavy atom. The van der Waals surface area contributed by atoms with Gasteiger partial charge in [0.15, 0.2) is 0 Å². The topological polar surface area (TPSA) is 60.6 Å². The number of hydrogen-bond acceptors (Lipinski definition) is 4. The summed E-state index contributed by atoms with van der Waals surface area (Å²) in [7, 11) is 1.72. The first-order chi connectivity index (χ1) is 13.2. The Kier molecular flexibility index (Phi) is 4.22. The fourth-order valence-corrected chi connectivity index (χ4v) is 4.72. The Labute approximate surface area is 159 Å². The molecule has 1 aromatic heterocycles. The van der Waals surface area contributed by atoms with Crippen molar-refractivity contribution in [3.05, 3.63) is 36.0 Å². The van der Waals surface area contributed by atoms with Crippen LogP contribution in [0.5, 0.6) is 0 Å².